The van der Waals surface area contributed by atoms with Crippen LogP contribution in [-0.2, 0) is 20.0 Å². The lowest BCUT2D eigenvalue weighted by atomic mass is 10.1. The van der Waals surface area contributed by atoms with Gasteiger partial charge in [-0.25, -0.2) is 0 Å². The van der Waals surface area contributed by atoms with Gasteiger partial charge in [-0.1, -0.05) is 0 Å². The Morgan fingerprint density at radius 1 is 1.45 bits per heavy atom. The summed E-state index contributed by atoms with van der Waals surface area (Å²) in [5.41, 5.74) is 2.73. The fourth-order valence-electron chi connectivity index (χ4n) is 2.35. The third kappa shape index (κ3) is 2.77. The summed E-state index contributed by atoms with van der Waals surface area (Å²) in [7, 11) is 1.93. The maximum Gasteiger partial charge on any atom is 0.182 e. The molecule has 1 unspecified atom stereocenters. The van der Waals surface area contributed by atoms with E-state index in [-0.39, 0.29) is 5.78 Å². The average Bonchev–Trinajstić information content (AvgIpc) is 2.91. The Morgan fingerprint density at radius 3 is 2.70 bits per heavy atom. The molecule has 0 bridgehead atoms. The predicted octanol–water partition coefficient (Wildman–Crippen LogP) is 2.29. The average molecular weight is 295 g/mol. The molecule has 2 aromatic rings. The maximum atomic E-state index is 12.0. The second-order valence-corrected chi connectivity index (χ2v) is 5.68. The van der Waals surface area contributed by atoms with Crippen LogP contribution in [0, 0.1) is 13.8 Å². The van der Waals surface area contributed by atoms with Crippen LogP contribution in [0.5, 0.6) is 0 Å². The van der Waals surface area contributed by atoms with E-state index in [1.807, 2.05) is 31.5 Å². The lowest BCUT2D eigenvalue weighted by Gasteiger charge is -2.09. The molecule has 0 amide bonds. The lowest BCUT2D eigenvalue weighted by Crippen LogP contribution is -2.13. The summed E-state index contributed by atoms with van der Waals surface area (Å²) in [5, 5.41) is 7.44. The zero-order valence-corrected chi connectivity index (χ0v) is 13.0. The van der Waals surface area contributed by atoms with Crippen molar-refractivity contribution >= 4 is 17.4 Å². The largest absolute Gasteiger partial charge is 0.348 e. The highest BCUT2D eigenvalue weighted by Crippen LogP contribution is 2.19. The standard InChI is InChI=1S/C14H19ClN4O/c1-9-7-12(14(20)10(2)15)11(3)19(9)6-5-13-17-16-8-18(13)4/h7-8,10H,5-6H2,1-4H3. The second kappa shape index (κ2) is 5.79. The van der Waals surface area contributed by atoms with Crippen molar-refractivity contribution in [2.24, 2.45) is 7.05 Å². The highest BCUT2D eigenvalue weighted by atomic mass is 35.5. The van der Waals surface area contributed by atoms with Gasteiger partial charge < -0.3 is 9.13 Å². The first-order valence-corrected chi connectivity index (χ1v) is 7.03. The van der Waals surface area contributed by atoms with Gasteiger partial charge in [0.05, 0.1) is 5.38 Å². The quantitative estimate of drug-likeness (QED) is 0.628. The number of carbonyl (C=O) groups excluding carboxylic acids is 1. The van der Waals surface area contributed by atoms with Crippen LogP contribution in [0.3, 0.4) is 0 Å². The number of nitrogens with zero attached hydrogens (tertiary/aromatic N) is 4. The molecular formula is C14H19ClN4O. The molecule has 0 N–H and O–H groups in total. The van der Waals surface area contributed by atoms with Gasteiger partial charge in [0, 0.05) is 37.0 Å². The van der Waals surface area contributed by atoms with Crippen LogP contribution >= 0.6 is 11.6 Å². The van der Waals surface area contributed by atoms with Crippen molar-refractivity contribution in [3.8, 4) is 0 Å². The summed E-state index contributed by atoms with van der Waals surface area (Å²) >= 11 is 5.90. The number of hydrogen-bond acceptors (Lipinski definition) is 3. The third-order valence-corrected chi connectivity index (χ3v) is 3.76. The van der Waals surface area contributed by atoms with Crippen LogP contribution in [0.25, 0.3) is 0 Å². The van der Waals surface area contributed by atoms with Gasteiger partial charge in [0.25, 0.3) is 0 Å². The molecule has 20 heavy (non-hydrogen) atoms. The number of ketones is 1. The molecule has 0 aliphatic carbocycles. The molecule has 0 spiro atoms. The van der Waals surface area contributed by atoms with Gasteiger partial charge in [-0.05, 0) is 26.8 Å². The molecule has 6 heteroatoms. The normalized spacial score (nSPS) is 12.7. The molecule has 2 heterocycles. The molecule has 0 aliphatic rings. The van der Waals surface area contributed by atoms with E-state index in [2.05, 4.69) is 14.8 Å². The molecule has 1 atom stereocenters. The number of alkyl halides is 1. The van der Waals surface area contributed by atoms with Crippen molar-refractivity contribution in [2.45, 2.75) is 39.1 Å². The second-order valence-electron chi connectivity index (χ2n) is 5.02. The van der Waals surface area contributed by atoms with Crippen LogP contribution in [-0.4, -0.2) is 30.5 Å². The topological polar surface area (TPSA) is 52.7 Å². The minimum atomic E-state index is -0.498. The van der Waals surface area contributed by atoms with Crippen LogP contribution in [0.1, 0.15) is 34.5 Å². The van der Waals surface area contributed by atoms with E-state index in [0.717, 1.165) is 30.2 Å². The highest BCUT2D eigenvalue weighted by molar-refractivity contribution is 6.33. The van der Waals surface area contributed by atoms with Gasteiger partial charge in [0.1, 0.15) is 12.2 Å². The predicted molar refractivity (Wildman–Crippen MR) is 78.3 cm³/mol. The third-order valence-electron chi connectivity index (χ3n) is 3.56. The van der Waals surface area contributed by atoms with E-state index in [0.29, 0.717) is 5.56 Å². The fraction of sp³-hybridized carbons (Fsp3) is 0.500. The summed E-state index contributed by atoms with van der Waals surface area (Å²) in [5.74, 6) is 0.903. The Kier molecular flexibility index (Phi) is 4.28. The molecule has 0 aromatic carbocycles. The Hall–Kier alpha value is -1.62. The minimum Gasteiger partial charge on any atom is -0.348 e. The number of halogens is 1. The number of aromatic nitrogens is 4. The zero-order chi connectivity index (χ0) is 14.9. The Bertz CT molecular complexity index is 627. The zero-order valence-electron chi connectivity index (χ0n) is 12.2. The summed E-state index contributed by atoms with van der Waals surface area (Å²) in [6.45, 7) is 6.43. The molecule has 0 aliphatic heterocycles. The molecule has 0 radical (unpaired) electrons. The van der Waals surface area contributed by atoms with Gasteiger partial charge >= 0.3 is 0 Å². The first kappa shape index (κ1) is 14.8. The Balaban J connectivity index is 2.21. The summed E-state index contributed by atoms with van der Waals surface area (Å²) < 4.78 is 4.03. The van der Waals surface area contributed by atoms with E-state index >= 15 is 0 Å². The SMILES string of the molecule is Cc1cc(C(=O)C(C)Cl)c(C)n1CCc1nncn1C. The number of aryl methyl sites for hydroxylation is 3. The first-order chi connectivity index (χ1) is 9.41. The van der Waals surface area contributed by atoms with E-state index < -0.39 is 5.38 Å². The van der Waals surface area contributed by atoms with Crippen LogP contribution in [0.4, 0.5) is 0 Å². The Labute approximate surface area is 123 Å². The monoisotopic (exact) mass is 294 g/mol. The van der Waals surface area contributed by atoms with Crippen molar-refractivity contribution in [1.29, 1.82) is 0 Å². The molecular weight excluding hydrogens is 276 g/mol. The van der Waals surface area contributed by atoms with Crippen molar-refractivity contribution in [3.63, 3.8) is 0 Å². The molecule has 0 saturated carbocycles. The minimum absolute atomic E-state index is 0.0234. The van der Waals surface area contributed by atoms with Crippen molar-refractivity contribution in [1.82, 2.24) is 19.3 Å². The van der Waals surface area contributed by atoms with Crippen molar-refractivity contribution in [2.75, 3.05) is 0 Å². The summed E-state index contributed by atoms with van der Waals surface area (Å²) in [6.07, 6.45) is 2.46. The molecule has 5 nitrogen and oxygen atoms in total. The lowest BCUT2D eigenvalue weighted by molar-refractivity contribution is 0.0991. The van der Waals surface area contributed by atoms with Crippen molar-refractivity contribution in [3.05, 3.63) is 35.2 Å². The highest BCUT2D eigenvalue weighted by Gasteiger charge is 2.19. The molecule has 108 valence electrons. The molecule has 2 rings (SSSR count). The maximum absolute atomic E-state index is 12.0. The van der Waals surface area contributed by atoms with E-state index in [1.165, 1.54) is 0 Å². The number of Topliss-reactive ketones (excluding diaryl/α,β-unsaturated/α-hetero) is 1. The number of hydrogen-bond donors (Lipinski definition) is 0. The fourth-order valence-corrected chi connectivity index (χ4v) is 2.47. The van der Waals surface area contributed by atoms with Gasteiger partial charge in [-0.3, -0.25) is 4.79 Å². The Morgan fingerprint density at radius 2 is 2.15 bits per heavy atom. The van der Waals surface area contributed by atoms with Gasteiger partial charge in [-0.15, -0.1) is 21.8 Å². The van der Waals surface area contributed by atoms with E-state index in [1.54, 1.807) is 13.3 Å². The van der Waals surface area contributed by atoms with Gasteiger partial charge in [0.15, 0.2) is 5.78 Å². The number of carbonyl (C=O) groups is 1. The molecule has 0 fully saturated rings. The van der Waals surface area contributed by atoms with E-state index in [4.69, 9.17) is 11.6 Å². The molecule has 2 aromatic heterocycles. The van der Waals surface area contributed by atoms with Gasteiger partial charge in [0.2, 0.25) is 0 Å². The van der Waals surface area contributed by atoms with Crippen LogP contribution in [0.15, 0.2) is 12.4 Å². The smallest absolute Gasteiger partial charge is 0.182 e. The molecule has 0 saturated heterocycles. The van der Waals surface area contributed by atoms with Crippen LogP contribution < -0.4 is 0 Å². The van der Waals surface area contributed by atoms with Crippen LogP contribution in [0.2, 0.25) is 0 Å². The van der Waals surface area contributed by atoms with Gasteiger partial charge in [-0.2, -0.15) is 0 Å². The number of rotatable bonds is 5. The first-order valence-electron chi connectivity index (χ1n) is 6.59. The summed E-state index contributed by atoms with van der Waals surface area (Å²) in [4.78, 5) is 12.0. The van der Waals surface area contributed by atoms with E-state index in [9.17, 15) is 4.79 Å². The van der Waals surface area contributed by atoms with Crippen molar-refractivity contribution < 1.29 is 4.79 Å². The summed E-state index contributed by atoms with van der Waals surface area (Å²) in [6, 6.07) is 1.91.